The van der Waals surface area contributed by atoms with E-state index in [-0.39, 0.29) is 11.2 Å². The van der Waals surface area contributed by atoms with Gasteiger partial charge in [0.1, 0.15) is 11.4 Å². The number of fused-ring (bicyclic) bond motifs is 1. The van der Waals surface area contributed by atoms with Gasteiger partial charge in [0, 0.05) is 29.2 Å². The molecular formula is C36H36N4OSi. The van der Waals surface area contributed by atoms with Gasteiger partial charge in [0.05, 0.1) is 24.8 Å². The van der Waals surface area contributed by atoms with Crippen molar-refractivity contribution in [3.63, 3.8) is 0 Å². The third kappa shape index (κ3) is 5.14. The van der Waals surface area contributed by atoms with Gasteiger partial charge in [-0.2, -0.15) is 0 Å². The molecule has 3 aromatic carbocycles. The van der Waals surface area contributed by atoms with Crippen molar-refractivity contribution in [1.29, 1.82) is 0 Å². The number of aromatic hydroxyl groups is 1. The summed E-state index contributed by atoms with van der Waals surface area (Å²) in [7, 11) is -1.45. The highest BCUT2D eigenvalue weighted by Gasteiger charge is 2.23. The van der Waals surface area contributed by atoms with E-state index in [2.05, 4.69) is 105 Å². The number of hydrogen-bond donors (Lipinski definition) is 1. The van der Waals surface area contributed by atoms with Gasteiger partial charge in [-0.3, -0.25) is 9.55 Å². The van der Waals surface area contributed by atoms with Gasteiger partial charge in [0.25, 0.3) is 0 Å². The molecule has 0 saturated heterocycles. The lowest BCUT2D eigenvalue weighted by atomic mass is 9.83. The second-order valence-corrected chi connectivity index (χ2v) is 18.0. The van der Waals surface area contributed by atoms with Gasteiger partial charge in [-0.05, 0) is 70.3 Å². The Labute approximate surface area is 248 Å². The zero-order valence-corrected chi connectivity index (χ0v) is 26.1. The second kappa shape index (κ2) is 10.4. The van der Waals surface area contributed by atoms with Crippen LogP contribution in [0.25, 0.3) is 50.6 Å². The van der Waals surface area contributed by atoms with E-state index >= 15 is 0 Å². The third-order valence-corrected chi connectivity index (χ3v) is 9.76. The molecule has 0 amide bonds. The van der Waals surface area contributed by atoms with E-state index in [0.29, 0.717) is 11.5 Å². The minimum Gasteiger partial charge on any atom is -0.506 e. The summed E-state index contributed by atoms with van der Waals surface area (Å²) in [5, 5.41) is 12.1. The van der Waals surface area contributed by atoms with Gasteiger partial charge < -0.3 is 5.11 Å². The molecule has 6 aromatic rings. The molecule has 0 aliphatic rings. The lowest BCUT2D eigenvalue weighted by Gasteiger charge is -2.22. The summed E-state index contributed by atoms with van der Waals surface area (Å²) in [6, 6.07) is 30.9. The first-order valence-corrected chi connectivity index (χ1v) is 17.8. The lowest BCUT2D eigenvalue weighted by molar-refractivity contribution is 0.474. The number of imidazole rings is 1. The quantitative estimate of drug-likeness (QED) is 0.212. The molecule has 0 aliphatic carbocycles. The Bertz CT molecular complexity index is 1900. The first-order chi connectivity index (χ1) is 20.0. The lowest BCUT2D eigenvalue weighted by Crippen LogP contribution is -2.37. The first-order valence-electron chi connectivity index (χ1n) is 14.3. The summed E-state index contributed by atoms with van der Waals surface area (Å²) in [4.78, 5) is 14.6. The standard InChI is InChI=1S/C36H36N4OSi/c1-36(2,3)26-21-24(20-25(22-26)30-18-17-28(23-38-30)42(4,5)6)29-14-10-15-31-33(29)39-35(34-32(41)16-11-19-37-34)40(31)27-12-8-7-9-13-27/h7-23,41H,1-6H3. The van der Waals surface area contributed by atoms with Crippen LogP contribution in [0, 0.1) is 0 Å². The molecule has 1 N–H and O–H groups in total. The predicted molar refractivity (Wildman–Crippen MR) is 176 cm³/mol. The molecule has 210 valence electrons. The summed E-state index contributed by atoms with van der Waals surface area (Å²) in [6.45, 7) is 13.8. The van der Waals surface area contributed by atoms with E-state index in [1.54, 1.807) is 18.3 Å². The molecule has 3 aromatic heterocycles. The topological polar surface area (TPSA) is 63.8 Å². The number of pyridine rings is 2. The van der Waals surface area contributed by atoms with Gasteiger partial charge in [0.15, 0.2) is 5.82 Å². The van der Waals surface area contributed by atoms with Crippen molar-refractivity contribution >= 4 is 24.3 Å². The predicted octanol–water partition coefficient (Wildman–Crippen LogP) is 8.36. The normalized spacial score (nSPS) is 12.1. The Morgan fingerprint density at radius 2 is 1.52 bits per heavy atom. The van der Waals surface area contributed by atoms with Crippen LogP contribution in [0.1, 0.15) is 26.3 Å². The number of aromatic nitrogens is 4. The fourth-order valence-corrected chi connectivity index (χ4v) is 6.31. The largest absolute Gasteiger partial charge is 0.506 e. The average Bonchev–Trinajstić information content (AvgIpc) is 3.36. The van der Waals surface area contributed by atoms with E-state index in [4.69, 9.17) is 9.97 Å². The monoisotopic (exact) mass is 568 g/mol. The van der Waals surface area contributed by atoms with Crippen molar-refractivity contribution in [2.75, 3.05) is 0 Å². The van der Waals surface area contributed by atoms with Crippen LogP contribution in [0.5, 0.6) is 5.75 Å². The summed E-state index contributed by atoms with van der Waals surface area (Å²) in [5.41, 5.74) is 8.50. The number of benzene rings is 3. The van der Waals surface area contributed by atoms with Crippen LogP contribution in [0.4, 0.5) is 0 Å². The zero-order chi connectivity index (χ0) is 29.6. The van der Waals surface area contributed by atoms with Crippen LogP contribution >= 0.6 is 0 Å². The molecule has 0 atom stereocenters. The summed E-state index contributed by atoms with van der Waals surface area (Å²) >= 11 is 0. The fourth-order valence-electron chi connectivity index (χ4n) is 5.27. The summed E-state index contributed by atoms with van der Waals surface area (Å²) in [5.74, 6) is 0.689. The molecule has 0 unspecified atom stereocenters. The summed E-state index contributed by atoms with van der Waals surface area (Å²) in [6.07, 6.45) is 3.74. The van der Waals surface area contributed by atoms with Gasteiger partial charge in [-0.25, -0.2) is 9.97 Å². The number of para-hydroxylation sites is 2. The van der Waals surface area contributed by atoms with Crippen LogP contribution in [-0.4, -0.2) is 32.7 Å². The molecule has 6 rings (SSSR count). The Balaban J connectivity index is 1.60. The van der Waals surface area contributed by atoms with Crippen LogP contribution in [0.3, 0.4) is 0 Å². The van der Waals surface area contributed by atoms with E-state index in [1.165, 1.54) is 10.8 Å². The van der Waals surface area contributed by atoms with E-state index in [9.17, 15) is 5.11 Å². The molecular weight excluding hydrogens is 533 g/mol. The maximum absolute atomic E-state index is 10.8. The Kier molecular flexibility index (Phi) is 6.82. The fraction of sp³-hybridized carbons (Fsp3) is 0.194. The SMILES string of the molecule is CC(C)(C)c1cc(-c2ccc([Si](C)(C)C)cn2)cc(-c2cccc3c2nc(-c2ncccc2O)n3-c2ccccc2)c1. The van der Waals surface area contributed by atoms with Gasteiger partial charge in [-0.1, -0.05) is 82.9 Å². The minimum absolute atomic E-state index is 0.0643. The average molecular weight is 569 g/mol. The molecule has 3 heterocycles. The smallest absolute Gasteiger partial charge is 0.168 e. The van der Waals surface area contributed by atoms with Crippen molar-refractivity contribution in [2.45, 2.75) is 45.8 Å². The minimum atomic E-state index is -1.45. The highest BCUT2D eigenvalue weighted by molar-refractivity contribution is 6.88. The molecule has 5 nitrogen and oxygen atoms in total. The highest BCUT2D eigenvalue weighted by Crippen LogP contribution is 2.38. The van der Waals surface area contributed by atoms with Crippen molar-refractivity contribution in [3.05, 3.63) is 109 Å². The maximum atomic E-state index is 10.8. The van der Waals surface area contributed by atoms with Crippen molar-refractivity contribution in [3.8, 4) is 45.3 Å². The van der Waals surface area contributed by atoms with Crippen LogP contribution in [-0.2, 0) is 5.41 Å². The molecule has 0 aliphatic heterocycles. The molecule has 6 heteroatoms. The molecule has 0 saturated carbocycles. The zero-order valence-electron chi connectivity index (χ0n) is 25.1. The van der Waals surface area contributed by atoms with Crippen LogP contribution in [0.15, 0.2) is 103 Å². The Morgan fingerprint density at radius 3 is 2.19 bits per heavy atom. The van der Waals surface area contributed by atoms with Crippen LogP contribution < -0.4 is 5.19 Å². The number of nitrogens with zero attached hydrogens (tertiary/aromatic N) is 4. The highest BCUT2D eigenvalue weighted by atomic mass is 28.3. The van der Waals surface area contributed by atoms with E-state index in [0.717, 1.165) is 39.1 Å². The van der Waals surface area contributed by atoms with E-state index < -0.39 is 8.07 Å². The molecule has 0 bridgehead atoms. The molecule has 0 spiro atoms. The molecule has 0 fully saturated rings. The van der Waals surface area contributed by atoms with Crippen LogP contribution in [0.2, 0.25) is 19.6 Å². The Hall–Kier alpha value is -4.55. The van der Waals surface area contributed by atoms with Gasteiger partial charge >= 0.3 is 0 Å². The Morgan fingerprint density at radius 1 is 0.762 bits per heavy atom. The maximum Gasteiger partial charge on any atom is 0.168 e. The molecule has 42 heavy (non-hydrogen) atoms. The van der Waals surface area contributed by atoms with E-state index in [1.807, 2.05) is 30.3 Å². The summed E-state index contributed by atoms with van der Waals surface area (Å²) < 4.78 is 2.08. The van der Waals surface area contributed by atoms with Crippen molar-refractivity contribution in [2.24, 2.45) is 0 Å². The van der Waals surface area contributed by atoms with Gasteiger partial charge in [-0.15, -0.1) is 0 Å². The first kappa shape index (κ1) is 27.6. The van der Waals surface area contributed by atoms with Gasteiger partial charge in [0.2, 0.25) is 0 Å². The number of hydrogen-bond acceptors (Lipinski definition) is 4. The molecule has 0 radical (unpaired) electrons. The second-order valence-electron chi connectivity index (χ2n) is 12.9. The third-order valence-electron chi connectivity index (χ3n) is 7.73. The number of rotatable bonds is 5. The van der Waals surface area contributed by atoms with Crippen molar-refractivity contribution < 1.29 is 5.11 Å². The van der Waals surface area contributed by atoms with Crippen molar-refractivity contribution in [1.82, 2.24) is 19.5 Å².